The van der Waals surface area contributed by atoms with E-state index in [0.29, 0.717) is 5.75 Å². The third kappa shape index (κ3) is 2.43. The van der Waals surface area contributed by atoms with Gasteiger partial charge in [0.2, 0.25) is 0 Å². The first-order valence-electron chi connectivity index (χ1n) is 5.91. The normalized spacial score (nSPS) is 12.7. The van der Waals surface area contributed by atoms with Crippen molar-refractivity contribution >= 4 is 10.9 Å². The van der Waals surface area contributed by atoms with Gasteiger partial charge in [0.25, 0.3) is 0 Å². The molecule has 0 amide bonds. The van der Waals surface area contributed by atoms with E-state index in [2.05, 4.69) is 9.97 Å². The van der Waals surface area contributed by atoms with Gasteiger partial charge >= 0.3 is 0 Å². The summed E-state index contributed by atoms with van der Waals surface area (Å²) >= 11 is 0. The molecule has 0 bridgehead atoms. The van der Waals surface area contributed by atoms with Gasteiger partial charge in [-0.1, -0.05) is 0 Å². The Morgan fingerprint density at radius 1 is 1.17 bits per heavy atom. The second kappa shape index (κ2) is 4.21. The van der Waals surface area contributed by atoms with E-state index in [1.54, 1.807) is 20.0 Å². The predicted octanol–water partition coefficient (Wildman–Crippen LogP) is 2.56. The molecule has 0 spiro atoms. The minimum Gasteiger partial charge on any atom is -0.485 e. The van der Waals surface area contributed by atoms with Crippen LogP contribution in [-0.2, 0) is 0 Å². The highest BCUT2D eigenvalue weighted by atomic mass is 16.5. The Bertz CT molecular complexity index is 559. The number of aromatic nitrogens is 2. The van der Waals surface area contributed by atoms with Crippen molar-refractivity contribution in [2.45, 2.75) is 38.9 Å². The Kier molecular flexibility index (Phi) is 2.99. The fourth-order valence-corrected chi connectivity index (χ4v) is 1.45. The Labute approximate surface area is 107 Å². The molecule has 4 heteroatoms. The van der Waals surface area contributed by atoms with E-state index < -0.39 is 11.2 Å². The van der Waals surface area contributed by atoms with Crippen molar-refractivity contribution in [1.29, 1.82) is 0 Å². The smallest absolute Gasteiger partial charge is 0.131 e. The molecule has 0 aliphatic heterocycles. The van der Waals surface area contributed by atoms with Gasteiger partial charge < -0.3 is 9.84 Å². The average molecular weight is 246 g/mol. The first-order chi connectivity index (χ1) is 8.29. The maximum Gasteiger partial charge on any atom is 0.131 e. The molecule has 1 heterocycles. The maximum absolute atomic E-state index is 10.1. The Hall–Kier alpha value is -1.68. The summed E-state index contributed by atoms with van der Waals surface area (Å²) in [6.07, 6.45) is 3.26. The number of rotatable bonds is 3. The lowest BCUT2D eigenvalue weighted by Crippen LogP contribution is -2.49. The molecule has 0 aliphatic rings. The van der Waals surface area contributed by atoms with Crippen LogP contribution in [0.1, 0.15) is 27.7 Å². The summed E-state index contributed by atoms with van der Waals surface area (Å²) in [5, 5.41) is 11.0. The van der Waals surface area contributed by atoms with Gasteiger partial charge in [0.05, 0.1) is 11.1 Å². The lowest BCUT2D eigenvalue weighted by molar-refractivity contribution is -0.0906. The first-order valence-corrected chi connectivity index (χ1v) is 5.91. The van der Waals surface area contributed by atoms with Crippen LogP contribution in [-0.4, -0.2) is 26.3 Å². The molecule has 0 aliphatic carbocycles. The summed E-state index contributed by atoms with van der Waals surface area (Å²) in [5.74, 6) is 0.699. The second-order valence-electron chi connectivity index (χ2n) is 5.41. The highest BCUT2D eigenvalue weighted by molar-refractivity contribution is 5.78. The minimum atomic E-state index is -0.935. The van der Waals surface area contributed by atoms with Crippen molar-refractivity contribution in [2.75, 3.05) is 0 Å². The molecular formula is C14H18N2O2. The molecule has 2 rings (SSSR count). The van der Waals surface area contributed by atoms with Crippen LogP contribution in [0.2, 0.25) is 0 Å². The Morgan fingerprint density at radius 2 is 1.89 bits per heavy atom. The molecule has 0 saturated carbocycles. The molecule has 1 aromatic heterocycles. The Morgan fingerprint density at radius 3 is 2.56 bits per heavy atom. The van der Waals surface area contributed by atoms with E-state index in [9.17, 15) is 5.11 Å². The largest absolute Gasteiger partial charge is 0.485 e. The second-order valence-corrected chi connectivity index (χ2v) is 5.41. The summed E-state index contributed by atoms with van der Waals surface area (Å²) < 4.78 is 5.87. The van der Waals surface area contributed by atoms with Crippen molar-refractivity contribution in [3.05, 3.63) is 30.7 Å². The molecule has 1 aromatic carbocycles. The first kappa shape index (κ1) is 12.8. The Balaban J connectivity index is 2.33. The molecular weight excluding hydrogens is 228 g/mol. The van der Waals surface area contributed by atoms with Gasteiger partial charge in [0.1, 0.15) is 17.7 Å². The van der Waals surface area contributed by atoms with E-state index in [4.69, 9.17) is 4.74 Å². The fourth-order valence-electron chi connectivity index (χ4n) is 1.45. The molecule has 0 radical (unpaired) electrons. The van der Waals surface area contributed by atoms with Crippen LogP contribution in [0.5, 0.6) is 5.75 Å². The summed E-state index contributed by atoms with van der Waals surface area (Å²) in [6.45, 7) is 7.19. The molecule has 18 heavy (non-hydrogen) atoms. The number of fused-ring (bicyclic) bond motifs is 1. The van der Waals surface area contributed by atoms with Gasteiger partial charge in [-0.15, -0.1) is 0 Å². The maximum atomic E-state index is 10.1. The summed E-state index contributed by atoms with van der Waals surface area (Å²) in [6, 6.07) is 5.61. The van der Waals surface area contributed by atoms with E-state index in [1.807, 2.05) is 32.0 Å². The number of ether oxygens (including phenoxy) is 1. The molecule has 0 fully saturated rings. The topological polar surface area (TPSA) is 55.2 Å². The van der Waals surface area contributed by atoms with Crippen LogP contribution in [0.4, 0.5) is 0 Å². The number of hydrogen-bond donors (Lipinski definition) is 1. The van der Waals surface area contributed by atoms with E-state index in [0.717, 1.165) is 10.9 Å². The minimum absolute atomic E-state index is 0.684. The monoisotopic (exact) mass is 246 g/mol. The van der Waals surface area contributed by atoms with E-state index in [1.165, 1.54) is 6.33 Å². The third-order valence-electron chi connectivity index (χ3n) is 3.32. The summed E-state index contributed by atoms with van der Waals surface area (Å²) in [7, 11) is 0. The van der Waals surface area contributed by atoms with Gasteiger partial charge in [-0.2, -0.15) is 0 Å². The van der Waals surface area contributed by atoms with Crippen LogP contribution < -0.4 is 4.74 Å². The SMILES string of the molecule is CC(C)(O)C(C)(C)Oc1ccc2ncncc2c1. The van der Waals surface area contributed by atoms with E-state index in [-0.39, 0.29) is 0 Å². The van der Waals surface area contributed by atoms with Crippen LogP contribution >= 0.6 is 0 Å². The number of hydrogen-bond acceptors (Lipinski definition) is 4. The van der Waals surface area contributed by atoms with Crippen LogP contribution in [0.3, 0.4) is 0 Å². The molecule has 2 aromatic rings. The molecule has 4 nitrogen and oxygen atoms in total. The molecule has 96 valence electrons. The van der Waals surface area contributed by atoms with Gasteiger partial charge in [0.15, 0.2) is 0 Å². The number of benzene rings is 1. The highest BCUT2D eigenvalue weighted by Gasteiger charge is 2.37. The zero-order chi connectivity index (χ0) is 13.4. The molecule has 0 atom stereocenters. The van der Waals surface area contributed by atoms with Gasteiger partial charge in [-0.3, -0.25) is 0 Å². The summed E-state index contributed by atoms with van der Waals surface area (Å²) in [4.78, 5) is 8.13. The van der Waals surface area contributed by atoms with Crippen molar-refractivity contribution in [2.24, 2.45) is 0 Å². The molecule has 0 unspecified atom stereocenters. The standard InChI is InChI=1S/C14H18N2O2/c1-13(2,17)14(3,4)18-11-5-6-12-10(7-11)8-15-9-16-12/h5-9,17H,1-4H3. The highest BCUT2D eigenvalue weighted by Crippen LogP contribution is 2.29. The van der Waals surface area contributed by atoms with Gasteiger partial charge in [0, 0.05) is 11.6 Å². The van der Waals surface area contributed by atoms with Crippen LogP contribution in [0.15, 0.2) is 30.7 Å². The van der Waals surface area contributed by atoms with Crippen molar-refractivity contribution < 1.29 is 9.84 Å². The van der Waals surface area contributed by atoms with Gasteiger partial charge in [-0.05, 0) is 45.9 Å². The third-order valence-corrected chi connectivity index (χ3v) is 3.32. The molecule has 0 saturated heterocycles. The predicted molar refractivity (Wildman–Crippen MR) is 70.5 cm³/mol. The zero-order valence-electron chi connectivity index (χ0n) is 11.1. The quantitative estimate of drug-likeness (QED) is 0.904. The number of nitrogens with zero attached hydrogens (tertiary/aromatic N) is 2. The van der Waals surface area contributed by atoms with Crippen LogP contribution in [0, 0.1) is 0 Å². The zero-order valence-corrected chi connectivity index (χ0v) is 11.1. The summed E-state index contributed by atoms with van der Waals surface area (Å²) in [5.41, 5.74) is -0.746. The average Bonchev–Trinajstić information content (AvgIpc) is 2.27. The fraction of sp³-hybridized carbons (Fsp3) is 0.429. The van der Waals surface area contributed by atoms with Crippen LogP contribution in [0.25, 0.3) is 10.9 Å². The lowest BCUT2D eigenvalue weighted by Gasteiger charge is -2.37. The van der Waals surface area contributed by atoms with E-state index >= 15 is 0 Å². The van der Waals surface area contributed by atoms with Gasteiger partial charge in [-0.25, -0.2) is 9.97 Å². The van der Waals surface area contributed by atoms with Crippen molar-refractivity contribution in [3.63, 3.8) is 0 Å². The number of aliphatic hydroxyl groups is 1. The van der Waals surface area contributed by atoms with Crippen molar-refractivity contribution in [1.82, 2.24) is 9.97 Å². The lowest BCUT2D eigenvalue weighted by atomic mass is 9.89. The van der Waals surface area contributed by atoms with Crippen molar-refractivity contribution in [3.8, 4) is 5.75 Å². The molecule has 1 N–H and O–H groups in total.